The molecule has 0 bridgehead atoms. The van der Waals surface area contributed by atoms with Crippen molar-refractivity contribution in [2.45, 2.75) is 6.29 Å². The Kier molecular flexibility index (Phi) is 6.51. The van der Waals surface area contributed by atoms with Crippen LogP contribution in [-0.4, -0.2) is 69.9 Å². The molecule has 1 heterocycles. The lowest BCUT2D eigenvalue weighted by Gasteiger charge is -2.35. The molecule has 1 aromatic carbocycles. The Labute approximate surface area is 140 Å². The molecular weight excluding hydrogens is 317 g/mol. The highest BCUT2D eigenvalue weighted by atomic mass is 19.1. The van der Waals surface area contributed by atoms with Gasteiger partial charge in [0.2, 0.25) is 0 Å². The lowest BCUT2D eigenvalue weighted by molar-refractivity contribution is -0.148. The zero-order chi connectivity index (χ0) is 17.5. The van der Waals surface area contributed by atoms with Crippen LogP contribution in [-0.2, 0) is 19.1 Å². The zero-order valence-electron chi connectivity index (χ0n) is 13.8. The van der Waals surface area contributed by atoms with Crippen molar-refractivity contribution < 1.29 is 23.5 Å². The predicted octanol–water partition coefficient (Wildman–Crippen LogP) is 0.209. The first kappa shape index (κ1) is 18.2. The number of hydrogen-bond donors (Lipinski definition) is 1. The van der Waals surface area contributed by atoms with Crippen LogP contribution in [0.4, 0.5) is 10.1 Å². The van der Waals surface area contributed by atoms with Crippen LogP contribution in [0.5, 0.6) is 0 Å². The van der Waals surface area contributed by atoms with Gasteiger partial charge in [-0.05, 0) is 24.3 Å². The number of hydrogen-bond acceptors (Lipinski definition) is 5. The van der Waals surface area contributed by atoms with Crippen LogP contribution < -0.4 is 10.2 Å². The maximum Gasteiger partial charge on any atom is 0.312 e. The van der Waals surface area contributed by atoms with Gasteiger partial charge in [-0.1, -0.05) is 0 Å². The van der Waals surface area contributed by atoms with Crippen LogP contribution in [0.25, 0.3) is 0 Å². The minimum absolute atomic E-state index is 0.104. The first-order chi connectivity index (χ1) is 11.5. The summed E-state index contributed by atoms with van der Waals surface area (Å²) in [4.78, 5) is 27.6. The van der Waals surface area contributed by atoms with Gasteiger partial charge in [-0.15, -0.1) is 0 Å². The molecule has 2 amide bonds. The Morgan fingerprint density at radius 3 is 2.25 bits per heavy atom. The van der Waals surface area contributed by atoms with Crippen molar-refractivity contribution in [2.75, 3.05) is 51.8 Å². The first-order valence-corrected chi connectivity index (χ1v) is 7.68. The third-order valence-electron chi connectivity index (χ3n) is 3.91. The standard InChI is InChI=1S/C16H22FN3O4/c1-23-14(24-2)11-18-15(21)16(22)20-9-7-19(8-10-20)13-5-3-12(17)4-6-13/h3-6,14H,7-11H2,1-2H3,(H,18,21). The van der Waals surface area contributed by atoms with Gasteiger partial charge in [0.05, 0.1) is 6.54 Å². The molecule has 0 radical (unpaired) electrons. The molecule has 0 aromatic heterocycles. The molecule has 1 aromatic rings. The summed E-state index contributed by atoms with van der Waals surface area (Å²) in [6.07, 6.45) is -0.586. The number of ether oxygens (including phenoxy) is 2. The van der Waals surface area contributed by atoms with Gasteiger partial charge in [0.1, 0.15) is 5.82 Å². The van der Waals surface area contributed by atoms with E-state index in [2.05, 4.69) is 5.32 Å². The Bertz CT molecular complexity index is 555. The Morgan fingerprint density at radius 2 is 1.71 bits per heavy atom. The quantitative estimate of drug-likeness (QED) is 0.613. The van der Waals surface area contributed by atoms with E-state index in [4.69, 9.17) is 9.47 Å². The Balaban J connectivity index is 1.81. The highest BCUT2D eigenvalue weighted by molar-refractivity contribution is 6.35. The molecule has 2 rings (SSSR count). The van der Waals surface area contributed by atoms with Gasteiger partial charge in [0.25, 0.3) is 0 Å². The lowest BCUT2D eigenvalue weighted by atomic mass is 10.2. The third-order valence-corrected chi connectivity index (χ3v) is 3.91. The topological polar surface area (TPSA) is 71.1 Å². The number of rotatable bonds is 5. The average molecular weight is 339 g/mol. The average Bonchev–Trinajstić information content (AvgIpc) is 2.62. The summed E-state index contributed by atoms with van der Waals surface area (Å²) in [7, 11) is 2.91. The third kappa shape index (κ3) is 4.65. The molecule has 0 atom stereocenters. The monoisotopic (exact) mass is 339 g/mol. The van der Waals surface area contributed by atoms with E-state index in [1.54, 1.807) is 12.1 Å². The van der Waals surface area contributed by atoms with Crippen LogP contribution in [0.2, 0.25) is 0 Å². The van der Waals surface area contributed by atoms with E-state index in [9.17, 15) is 14.0 Å². The molecule has 7 nitrogen and oxygen atoms in total. The second-order valence-electron chi connectivity index (χ2n) is 5.37. The maximum absolute atomic E-state index is 13.0. The van der Waals surface area contributed by atoms with Crippen LogP contribution in [0, 0.1) is 5.82 Å². The number of amides is 2. The highest BCUT2D eigenvalue weighted by Gasteiger charge is 2.26. The number of methoxy groups -OCH3 is 2. The van der Waals surface area contributed by atoms with E-state index in [1.165, 1.54) is 31.3 Å². The smallest absolute Gasteiger partial charge is 0.312 e. The summed E-state index contributed by atoms with van der Waals surface area (Å²) in [5.41, 5.74) is 0.899. The minimum atomic E-state index is -0.677. The fourth-order valence-corrected chi connectivity index (χ4v) is 2.48. The second kappa shape index (κ2) is 8.60. The minimum Gasteiger partial charge on any atom is -0.368 e. The summed E-state index contributed by atoms with van der Waals surface area (Å²) in [6, 6.07) is 6.22. The number of benzene rings is 1. The molecule has 132 valence electrons. The van der Waals surface area contributed by atoms with Crippen LogP contribution in [0.1, 0.15) is 0 Å². The number of nitrogens with zero attached hydrogens (tertiary/aromatic N) is 2. The Hall–Kier alpha value is -2.19. The van der Waals surface area contributed by atoms with E-state index in [0.29, 0.717) is 26.2 Å². The van der Waals surface area contributed by atoms with Gasteiger partial charge in [-0.2, -0.15) is 0 Å². The lowest BCUT2D eigenvalue weighted by Crippen LogP contribution is -2.53. The van der Waals surface area contributed by atoms with E-state index in [0.717, 1.165) is 5.69 Å². The summed E-state index contributed by atoms with van der Waals surface area (Å²) < 4.78 is 22.9. The van der Waals surface area contributed by atoms with Gasteiger partial charge in [0, 0.05) is 46.1 Å². The molecule has 8 heteroatoms. The molecule has 0 unspecified atom stereocenters. The molecule has 1 N–H and O–H groups in total. The van der Waals surface area contributed by atoms with Gasteiger partial charge >= 0.3 is 11.8 Å². The molecule has 1 saturated heterocycles. The van der Waals surface area contributed by atoms with Crippen molar-refractivity contribution >= 4 is 17.5 Å². The normalized spacial score (nSPS) is 14.8. The van der Waals surface area contributed by atoms with Crippen molar-refractivity contribution in [3.05, 3.63) is 30.1 Å². The molecular formula is C16H22FN3O4. The number of carbonyl (C=O) groups is 2. The Morgan fingerprint density at radius 1 is 1.12 bits per heavy atom. The van der Waals surface area contributed by atoms with Crippen LogP contribution >= 0.6 is 0 Å². The number of piperazine rings is 1. The zero-order valence-corrected chi connectivity index (χ0v) is 13.8. The summed E-state index contributed by atoms with van der Waals surface area (Å²) >= 11 is 0. The van der Waals surface area contributed by atoms with Gasteiger partial charge in [-0.3, -0.25) is 9.59 Å². The van der Waals surface area contributed by atoms with E-state index in [1.807, 2.05) is 4.90 Å². The van der Waals surface area contributed by atoms with Crippen molar-refractivity contribution in [2.24, 2.45) is 0 Å². The number of halogens is 1. The SMILES string of the molecule is COC(CNC(=O)C(=O)N1CCN(c2ccc(F)cc2)CC1)OC. The number of anilines is 1. The fourth-order valence-electron chi connectivity index (χ4n) is 2.48. The van der Waals surface area contributed by atoms with E-state index >= 15 is 0 Å². The summed E-state index contributed by atoms with van der Waals surface area (Å²) in [5.74, 6) is -1.53. The highest BCUT2D eigenvalue weighted by Crippen LogP contribution is 2.16. The van der Waals surface area contributed by atoms with Crippen molar-refractivity contribution in [1.29, 1.82) is 0 Å². The first-order valence-electron chi connectivity index (χ1n) is 7.68. The predicted molar refractivity (Wildman–Crippen MR) is 86.0 cm³/mol. The number of carbonyl (C=O) groups excluding carboxylic acids is 2. The number of nitrogens with one attached hydrogen (secondary N) is 1. The molecule has 1 aliphatic heterocycles. The fraction of sp³-hybridized carbons (Fsp3) is 0.500. The van der Waals surface area contributed by atoms with E-state index < -0.39 is 18.1 Å². The molecule has 1 fully saturated rings. The van der Waals surface area contributed by atoms with Crippen LogP contribution in [0.15, 0.2) is 24.3 Å². The molecule has 0 spiro atoms. The molecule has 0 aliphatic carbocycles. The van der Waals surface area contributed by atoms with Crippen molar-refractivity contribution in [3.8, 4) is 0 Å². The second-order valence-corrected chi connectivity index (χ2v) is 5.37. The van der Waals surface area contributed by atoms with Crippen molar-refractivity contribution in [3.63, 3.8) is 0 Å². The van der Waals surface area contributed by atoms with E-state index in [-0.39, 0.29) is 12.4 Å². The molecule has 24 heavy (non-hydrogen) atoms. The van der Waals surface area contributed by atoms with Gasteiger partial charge in [0.15, 0.2) is 6.29 Å². The molecule has 0 saturated carbocycles. The van der Waals surface area contributed by atoms with Crippen molar-refractivity contribution in [1.82, 2.24) is 10.2 Å². The molecule has 1 aliphatic rings. The maximum atomic E-state index is 13.0. The van der Waals surface area contributed by atoms with Crippen LogP contribution in [0.3, 0.4) is 0 Å². The van der Waals surface area contributed by atoms with Gasteiger partial charge < -0.3 is 24.6 Å². The summed E-state index contributed by atoms with van der Waals surface area (Å²) in [6.45, 7) is 2.14. The summed E-state index contributed by atoms with van der Waals surface area (Å²) in [5, 5.41) is 2.50. The van der Waals surface area contributed by atoms with Gasteiger partial charge in [-0.25, -0.2) is 4.39 Å². The largest absolute Gasteiger partial charge is 0.368 e.